The summed E-state index contributed by atoms with van der Waals surface area (Å²) >= 11 is 9.66. The van der Waals surface area contributed by atoms with E-state index in [9.17, 15) is 13.2 Å². The highest BCUT2D eigenvalue weighted by molar-refractivity contribution is 9.10. The first-order chi connectivity index (χ1) is 12.6. The molecule has 0 aliphatic carbocycles. The van der Waals surface area contributed by atoms with Crippen LogP contribution in [-0.4, -0.2) is 20.9 Å². The van der Waals surface area contributed by atoms with E-state index >= 15 is 0 Å². The summed E-state index contributed by atoms with van der Waals surface area (Å²) in [6, 6.07) is 7.52. The molecule has 0 aromatic heterocycles. The van der Waals surface area contributed by atoms with E-state index in [4.69, 9.17) is 21.5 Å². The summed E-state index contributed by atoms with van der Waals surface area (Å²) in [5.41, 5.74) is 2.33. The fourth-order valence-corrected chi connectivity index (χ4v) is 3.58. The van der Waals surface area contributed by atoms with Crippen LogP contribution in [0.5, 0.6) is 5.75 Å². The number of hydrogen-bond acceptors (Lipinski definition) is 4. The average Bonchev–Trinajstić information content (AvgIpc) is 2.60. The van der Waals surface area contributed by atoms with Gasteiger partial charge in [-0.05, 0) is 77.7 Å². The van der Waals surface area contributed by atoms with Gasteiger partial charge in [0.1, 0.15) is 5.75 Å². The molecular formula is C18H20BrClN2O4S. The van der Waals surface area contributed by atoms with Crippen LogP contribution < -0.4 is 15.2 Å². The number of halogens is 2. The Balaban J connectivity index is 1.83. The summed E-state index contributed by atoms with van der Waals surface area (Å²) in [6.45, 7) is 4.18. The number of rotatable bonds is 7. The van der Waals surface area contributed by atoms with Gasteiger partial charge in [-0.3, -0.25) is 4.79 Å². The summed E-state index contributed by atoms with van der Waals surface area (Å²) in [4.78, 5) is 12.0. The Bertz CT molecular complexity index is 947. The summed E-state index contributed by atoms with van der Waals surface area (Å²) in [7, 11) is -3.75. The molecule has 0 unspecified atom stereocenters. The molecule has 0 fully saturated rings. The number of nitrogens with two attached hydrogens (primary N) is 1. The molecule has 2 aromatic rings. The van der Waals surface area contributed by atoms with Crippen molar-refractivity contribution in [3.05, 3.63) is 51.0 Å². The van der Waals surface area contributed by atoms with Crippen molar-refractivity contribution in [1.29, 1.82) is 0 Å². The lowest BCUT2D eigenvalue weighted by atomic mass is 10.1. The molecule has 6 nitrogen and oxygen atoms in total. The van der Waals surface area contributed by atoms with E-state index in [0.717, 1.165) is 15.6 Å². The summed E-state index contributed by atoms with van der Waals surface area (Å²) in [6.07, 6.45) is 0.786. The topological polar surface area (TPSA) is 98.5 Å². The van der Waals surface area contributed by atoms with Gasteiger partial charge in [0.05, 0.1) is 16.0 Å². The maximum absolute atomic E-state index is 12.0. The van der Waals surface area contributed by atoms with Gasteiger partial charge >= 0.3 is 0 Å². The number of amides is 1. The third kappa shape index (κ3) is 5.93. The molecule has 1 amide bonds. The Hall–Kier alpha value is -1.61. The second kappa shape index (κ2) is 9.05. The van der Waals surface area contributed by atoms with Crippen molar-refractivity contribution in [3.8, 4) is 5.75 Å². The maximum Gasteiger partial charge on any atom is 0.238 e. The predicted octanol–water partition coefficient (Wildman–Crippen LogP) is 4.16. The Kier molecular flexibility index (Phi) is 7.27. The highest BCUT2D eigenvalue weighted by atomic mass is 79.9. The number of anilines is 1. The summed E-state index contributed by atoms with van der Waals surface area (Å²) in [5.74, 6) is 0.498. The van der Waals surface area contributed by atoms with E-state index in [2.05, 4.69) is 21.2 Å². The minimum Gasteiger partial charge on any atom is -0.492 e. The van der Waals surface area contributed by atoms with Crippen LogP contribution in [0.25, 0.3) is 0 Å². The van der Waals surface area contributed by atoms with Crippen LogP contribution in [0.15, 0.2) is 39.7 Å². The molecule has 0 aliphatic heterocycles. The molecule has 0 spiro atoms. The molecule has 0 radical (unpaired) electrons. The third-order valence-corrected chi connectivity index (χ3v) is 6.34. The van der Waals surface area contributed by atoms with Crippen molar-refractivity contribution in [2.45, 2.75) is 31.6 Å². The molecule has 0 bridgehead atoms. The Labute approximate surface area is 172 Å². The first kappa shape index (κ1) is 21.7. The Morgan fingerprint density at radius 1 is 1.26 bits per heavy atom. The smallest absolute Gasteiger partial charge is 0.238 e. The number of hydrogen-bond donors (Lipinski definition) is 2. The van der Waals surface area contributed by atoms with Crippen molar-refractivity contribution in [2.75, 3.05) is 11.9 Å². The van der Waals surface area contributed by atoms with E-state index in [-0.39, 0.29) is 17.2 Å². The van der Waals surface area contributed by atoms with Crippen LogP contribution in [0.3, 0.4) is 0 Å². The van der Waals surface area contributed by atoms with Gasteiger partial charge in [0.25, 0.3) is 0 Å². The van der Waals surface area contributed by atoms with Crippen molar-refractivity contribution >= 4 is 49.1 Å². The lowest BCUT2D eigenvalue weighted by molar-refractivity contribution is -0.116. The summed E-state index contributed by atoms with van der Waals surface area (Å²) < 4.78 is 29.0. The molecule has 9 heteroatoms. The molecule has 3 N–H and O–H groups in total. The standard InChI is InChI=1S/C18H20BrClN2O4S/c1-11-10-15(17(19)12(2)18(11)20)26-9-3-4-16(23)22-13-5-7-14(8-6-13)27(21,24)25/h5-8,10H,3-4,9H2,1-2H3,(H,22,23)(H2,21,24,25). The highest BCUT2D eigenvalue weighted by Gasteiger charge is 2.11. The van der Waals surface area contributed by atoms with Gasteiger partial charge in [-0.15, -0.1) is 0 Å². The summed E-state index contributed by atoms with van der Waals surface area (Å²) in [5, 5.41) is 8.43. The molecule has 2 rings (SSSR count). The van der Waals surface area contributed by atoms with Gasteiger partial charge in [0.2, 0.25) is 15.9 Å². The number of sulfonamides is 1. The van der Waals surface area contributed by atoms with E-state index in [1.165, 1.54) is 24.3 Å². The van der Waals surface area contributed by atoms with Gasteiger partial charge < -0.3 is 10.1 Å². The zero-order valence-corrected chi connectivity index (χ0v) is 18.0. The predicted molar refractivity (Wildman–Crippen MR) is 110 cm³/mol. The largest absolute Gasteiger partial charge is 0.492 e. The van der Waals surface area contributed by atoms with Crippen LogP contribution in [0, 0.1) is 13.8 Å². The average molecular weight is 476 g/mol. The van der Waals surface area contributed by atoms with Crippen molar-refractivity contribution in [2.24, 2.45) is 5.14 Å². The quantitative estimate of drug-likeness (QED) is 0.587. The Morgan fingerprint density at radius 2 is 1.89 bits per heavy atom. The monoisotopic (exact) mass is 474 g/mol. The number of primary sulfonamides is 1. The van der Waals surface area contributed by atoms with E-state index in [0.29, 0.717) is 29.5 Å². The Morgan fingerprint density at radius 3 is 2.48 bits per heavy atom. The molecule has 0 heterocycles. The number of nitrogens with one attached hydrogen (secondary N) is 1. The number of ether oxygens (including phenoxy) is 1. The van der Waals surface area contributed by atoms with Crippen LogP contribution in [0.2, 0.25) is 5.02 Å². The van der Waals surface area contributed by atoms with Crippen molar-refractivity contribution in [1.82, 2.24) is 0 Å². The van der Waals surface area contributed by atoms with Crippen molar-refractivity contribution < 1.29 is 17.9 Å². The van der Waals surface area contributed by atoms with E-state index in [1.54, 1.807) is 0 Å². The van der Waals surface area contributed by atoms with Gasteiger partial charge in [0, 0.05) is 17.1 Å². The second-order valence-corrected chi connectivity index (χ2v) is 8.75. The minimum atomic E-state index is -3.75. The van der Waals surface area contributed by atoms with Crippen LogP contribution in [0.1, 0.15) is 24.0 Å². The van der Waals surface area contributed by atoms with Crippen LogP contribution in [0.4, 0.5) is 5.69 Å². The number of carbonyl (C=O) groups excluding carboxylic acids is 1. The number of benzene rings is 2. The molecule has 0 saturated heterocycles. The first-order valence-corrected chi connectivity index (χ1v) is 10.8. The fraction of sp³-hybridized carbons (Fsp3) is 0.278. The third-order valence-electron chi connectivity index (χ3n) is 3.84. The number of aryl methyl sites for hydroxylation is 1. The van der Waals surface area contributed by atoms with Crippen molar-refractivity contribution in [3.63, 3.8) is 0 Å². The van der Waals surface area contributed by atoms with Gasteiger partial charge in [-0.25, -0.2) is 13.6 Å². The first-order valence-electron chi connectivity index (χ1n) is 8.10. The second-order valence-electron chi connectivity index (χ2n) is 6.01. The molecule has 146 valence electrons. The molecule has 0 aliphatic rings. The zero-order valence-electron chi connectivity index (χ0n) is 14.9. The highest BCUT2D eigenvalue weighted by Crippen LogP contribution is 2.35. The van der Waals surface area contributed by atoms with Gasteiger partial charge in [0.15, 0.2) is 0 Å². The maximum atomic E-state index is 12.0. The molecule has 0 saturated carbocycles. The normalized spacial score (nSPS) is 11.3. The zero-order chi connectivity index (χ0) is 20.2. The SMILES string of the molecule is Cc1cc(OCCCC(=O)Nc2ccc(S(N)(=O)=O)cc2)c(Br)c(C)c1Cl. The lowest BCUT2D eigenvalue weighted by Crippen LogP contribution is -2.14. The van der Waals surface area contributed by atoms with E-state index in [1.807, 2.05) is 19.9 Å². The molecular weight excluding hydrogens is 456 g/mol. The molecule has 2 aromatic carbocycles. The van der Waals surface area contributed by atoms with Gasteiger partial charge in [-0.2, -0.15) is 0 Å². The van der Waals surface area contributed by atoms with Crippen LogP contribution >= 0.6 is 27.5 Å². The van der Waals surface area contributed by atoms with Crippen LogP contribution in [-0.2, 0) is 14.8 Å². The van der Waals surface area contributed by atoms with E-state index < -0.39 is 10.0 Å². The lowest BCUT2D eigenvalue weighted by Gasteiger charge is -2.13. The number of carbonyl (C=O) groups is 1. The fourth-order valence-electron chi connectivity index (χ4n) is 2.37. The minimum absolute atomic E-state index is 0.00646. The molecule has 27 heavy (non-hydrogen) atoms. The molecule has 0 atom stereocenters. The van der Waals surface area contributed by atoms with Gasteiger partial charge in [-0.1, -0.05) is 11.6 Å².